The highest BCUT2D eigenvalue weighted by atomic mass is 15.2. The van der Waals surface area contributed by atoms with Crippen LogP contribution in [0.15, 0.2) is 12.3 Å². The number of pyridine rings is 1. The number of aryl methyl sites for hydroxylation is 1. The number of piperidine rings is 2. The zero-order chi connectivity index (χ0) is 13.4. The van der Waals surface area contributed by atoms with E-state index in [1.54, 1.807) is 6.20 Å². The van der Waals surface area contributed by atoms with E-state index in [2.05, 4.69) is 29.2 Å². The molecule has 2 atom stereocenters. The maximum absolute atomic E-state index is 5.76. The average molecular weight is 260 g/mol. The number of fused-ring (bicyclic) bond motifs is 2. The molecule has 0 saturated carbocycles. The molecular formula is C15H24N4. The van der Waals surface area contributed by atoms with Gasteiger partial charge in [-0.25, -0.2) is 4.98 Å². The fraction of sp³-hybridized carbons (Fsp3) is 0.667. The molecule has 1 aromatic rings. The maximum Gasteiger partial charge on any atom is 0.129 e. The summed E-state index contributed by atoms with van der Waals surface area (Å²) in [6.45, 7) is 2.07. The third-order valence-corrected chi connectivity index (χ3v) is 4.78. The molecule has 1 aromatic heterocycles. The molecule has 0 aliphatic carbocycles. The summed E-state index contributed by atoms with van der Waals surface area (Å²) in [5.41, 5.74) is 7.64. The summed E-state index contributed by atoms with van der Waals surface area (Å²) < 4.78 is 0. The number of nitrogens with one attached hydrogen (secondary N) is 1. The van der Waals surface area contributed by atoms with Gasteiger partial charge in [-0.3, -0.25) is 0 Å². The molecule has 2 bridgehead atoms. The molecule has 0 radical (unpaired) electrons. The van der Waals surface area contributed by atoms with Crippen LogP contribution in [0, 0.1) is 6.92 Å². The summed E-state index contributed by atoms with van der Waals surface area (Å²) in [6.07, 6.45) is 8.30. The Kier molecular flexibility index (Phi) is 3.35. The Labute approximate surface area is 115 Å². The van der Waals surface area contributed by atoms with Crippen molar-refractivity contribution in [2.24, 2.45) is 0 Å². The average Bonchev–Trinajstić information content (AvgIpc) is 2.34. The van der Waals surface area contributed by atoms with Crippen molar-refractivity contribution >= 4 is 11.5 Å². The minimum absolute atomic E-state index is 0.557. The molecule has 4 heteroatoms. The molecule has 0 amide bonds. The summed E-state index contributed by atoms with van der Waals surface area (Å²) in [7, 11) is 2.29. The fourth-order valence-corrected chi connectivity index (χ4v) is 3.67. The van der Waals surface area contributed by atoms with Crippen LogP contribution in [0.25, 0.3) is 0 Å². The molecule has 104 valence electrons. The first-order valence-electron chi connectivity index (χ1n) is 7.34. The van der Waals surface area contributed by atoms with Crippen LogP contribution in [0.1, 0.15) is 37.7 Å². The van der Waals surface area contributed by atoms with E-state index >= 15 is 0 Å². The van der Waals surface area contributed by atoms with Gasteiger partial charge in [-0.1, -0.05) is 6.42 Å². The van der Waals surface area contributed by atoms with Crippen molar-refractivity contribution in [3.05, 3.63) is 17.8 Å². The standard InChI is InChI=1S/C15H24N4/c1-10-6-11(16)9-17-15(10)18-12-7-13-4-3-5-14(8-12)19(13)2/h6,9,12-14H,3-5,7-8,16H2,1-2H3,(H,17,18). The molecule has 3 rings (SSSR count). The van der Waals surface area contributed by atoms with Gasteiger partial charge in [0.05, 0.1) is 11.9 Å². The van der Waals surface area contributed by atoms with E-state index in [0.717, 1.165) is 29.2 Å². The predicted molar refractivity (Wildman–Crippen MR) is 79.2 cm³/mol. The van der Waals surface area contributed by atoms with Gasteiger partial charge in [0, 0.05) is 18.1 Å². The third-order valence-electron chi connectivity index (χ3n) is 4.78. The molecule has 2 aliphatic heterocycles. The second-order valence-corrected chi connectivity index (χ2v) is 6.15. The normalized spacial score (nSPS) is 31.2. The van der Waals surface area contributed by atoms with Crippen LogP contribution in [-0.2, 0) is 0 Å². The van der Waals surface area contributed by atoms with Crippen molar-refractivity contribution in [1.29, 1.82) is 0 Å². The molecule has 19 heavy (non-hydrogen) atoms. The molecule has 0 aromatic carbocycles. The first-order chi connectivity index (χ1) is 9.13. The molecule has 2 unspecified atom stereocenters. The van der Waals surface area contributed by atoms with Crippen LogP contribution in [0.3, 0.4) is 0 Å². The first-order valence-corrected chi connectivity index (χ1v) is 7.34. The Morgan fingerprint density at radius 3 is 2.63 bits per heavy atom. The molecule has 3 N–H and O–H groups in total. The van der Waals surface area contributed by atoms with Crippen molar-refractivity contribution in [1.82, 2.24) is 9.88 Å². The summed E-state index contributed by atoms with van der Waals surface area (Å²) in [5.74, 6) is 1.00. The number of rotatable bonds is 2. The number of nitrogen functional groups attached to an aromatic ring is 1. The molecular weight excluding hydrogens is 236 g/mol. The van der Waals surface area contributed by atoms with E-state index in [4.69, 9.17) is 5.73 Å². The fourth-order valence-electron chi connectivity index (χ4n) is 3.67. The van der Waals surface area contributed by atoms with Crippen molar-refractivity contribution in [3.63, 3.8) is 0 Å². The Bertz CT molecular complexity index is 445. The van der Waals surface area contributed by atoms with Gasteiger partial charge in [-0.2, -0.15) is 0 Å². The van der Waals surface area contributed by atoms with Crippen molar-refractivity contribution in [2.45, 2.75) is 57.2 Å². The van der Waals surface area contributed by atoms with Crippen LogP contribution in [0.2, 0.25) is 0 Å². The maximum atomic E-state index is 5.76. The van der Waals surface area contributed by atoms with Gasteiger partial charge >= 0.3 is 0 Å². The van der Waals surface area contributed by atoms with E-state index in [1.807, 2.05) is 6.07 Å². The third kappa shape index (κ3) is 2.54. The number of anilines is 2. The molecule has 2 aliphatic rings. The molecule has 3 heterocycles. The van der Waals surface area contributed by atoms with E-state index in [0.29, 0.717) is 6.04 Å². The Morgan fingerprint density at radius 1 is 1.32 bits per heavy atom. The number of aromatic nitrogens is 1. The van der Waals surface area contributed by atoms with Crippen molar-refractivity contribution < 1.29 is 0 Å². The van der Waals surface area contributed by atoms with E-state index in [9.17, 15) is 0 Å². The monoisotopic (exact) mass is 260 g/mol. The smallest absolute Gasteiger partial charge is 0.129 e. The zero-order valence-electron chi connectivity index (χ0n) is 11.9. The summed E-state index contributed by atoms with van der Waals surface area (Å²) in [6, 6.07) is 4.05. The highest BCUT2D eigenvalue weighted by Gasteiger charge is 2.36. The minimum atomic E-state index is 0.557. The van der Waals surface area contributed by atoms with E-state index < -0.39 is 0 Å². The largest absolute Gasteiger partial charge is 0.397 e. The number of nitrogens with two attached hydrogens (primary N) is 1. The van der Waals surface area contributed by atoms with E-state index in [-0.39, 0.29) is 0 Å². The van der Waals surface area contributed by atoms with Crippen LogP contribution < -0.4 is 11.1 Å². The Morgan fingerprint density at radius 2 is 2.00 bits per heavy atom. The second-order valence-electron chi connectivity index (χ2n) is 6.15. The topological polar surface area (TPSA) is 54.2 Å². The zero-order valence-corrected chi connectivity index (χ0v) is 11.9. The second kappa shape index (κ2) is 5.00. The lowest BCUT2D eigenvalue weighted by Crippen LogP contribution is -2.52. The van der Waals surface area contributed by atoms with Gasteiger partial charge in [0.25, 0.3) is 0 Å². The molecule has 2 fully saturated rings. The van der Waals surface area contributed by atoms with Gasteiger partial charge in [0.15, 0.2) is 0 Å². The quantitative estimate of drug-likeness (QED) is 0.857. The molecule has 4 nitrogen and oxygen atoms in total. The Balaban J connectivity index is 1.70. The number of nitrogens with zero attached hydrogens (tertiary/aromatic N) is 2. The van der Waals surface area contributed by atoms with E-state index in [1.165, 1.54) is 32.1 Å². The van der Waals surface area contributed by atoms with Crippen LogP contribution in [0.5, 0.6) is 0 Å². The Hall–Kier alpha value is -1.29. The van der Waals surface area contributed by atoms with Crippen LogP contribution >= 0.6 is 0 Å². The van der Waals surface area contributed by atoms with Crippen molar-refractivity contribution in [2.75, 3.05) is 18.1 Å². The highest BCUT2D eigenvalue weighted by molar-refractivity contribution is 5.51. The lowest BCUT2D eigenvalue weighted by Gasteiger charge is -2.47. The lowest BCUT2D eigenvalue weighted by molar-refractivity contribution is 0.0608. The SMILES string of the molecule is Cc1cc(N)cnc1NC1CC2CCCC(C1)N2C. The van der Waals surface area contributed by atoms with Gasteiger partial charge < -0.3 is 16.0 Å². The predicted octanol–water partition coefficient (Wildman–Crippen LogP) is 2.40. The van der Waals surface area contributed by atoms with Crippen LogP contribution in [0.4, 0.5) is 11.5 Å². The lowest BCUT2D eigenvalue weighted by atomic mass is 9.82. The van der Waals surface area contributed by atoms with Crippen molar-refractivity contribution in [3.8, 4) is 0 Å². The highest BCUT2D eigenvalue weighted by Crippen LogP contribution is 2.34. The number of hydrogen-bond donors (Lipinski definition) is 2. The number of hydrogen-bond acceptors (Lipinski definition) is 4. The van der Waals surface area contributed by atoms with Crippen LogP contribution in [-0.4, -0.2) is 35.1 Å². The van der Waals surface area contributed by atoms with Gasteiger partial charge in [-0.05, 0) is 51.3 Å². The van der Waals surface area contributed by atoms with Gasteiger partial charge in [0.1, 0.15) is 5.82 Å². The minimum Gasteiger partial charge on any atom is -0.397 e. The molecule has 2 saturated heterocycles. The van der Waals surface area contributed by atoms with Gasteiger partial charge in [0.2, 0.25) is 0 Å². The molecule has 0 spiro atoms. The summed E-state index contributed by atoms with van der Waals surface area (Å²) >= 11 is 0. The van der Waals surface area contributed by atoms with Gasteiger partial charge in [-0.15, -0.1) is 0 Å². The summed E-state index contributed by atoms with van der Waals surface area (Å²) in [4.78, 5) is 7.02. The first kappa shape index (κ1) is 12.7. The summed E-state index contributed by atoms with van der Waals surface area (Å²) in [5, 5.41) is 3.63.